The molecule has 1 saturated heterocycles. The Bertz CT molecular complexity index is 1240. The smallest absolute Gasteiger partial charge is 0.162 e. The van der Waals surface area contributed by atoms with Crippen molar-refractivity contribution in [2.24, 2.45) is 0 Å². The van der Waals surface area contributed by atoms with Gasteiger partial charge in [0.15, 0.2) is 6.23 Å². The molecule has 5 N–H and O–H groups in total. The van der Waals surface area contributed by atoms with Gasteiger partial charge in [0.05, 0.1) is 26.4 Å². The first-order chi connectivity index (χ1) is 21.0. The molecular formula is C34H40N2O7. The Kier molecular flexibility index (Phi) is 13.3. The summed E-state index contributed by atoms with van der Waals surface area (Å²) in [6.45, 7) is 1.36. The van der Waals surface area contributed by atoms with E-state index in [4.69, 9.17) is 14.4 Å². The fourth-order valence-electron chi connectivity index (χ4n) is 4.46. The minimum Gasteiger partial charge on any atom is -0.394 e. The highest BCUT2D eigenvalue weighted by atomic mass is 16.7. The molecule has 0 aromatic heterocycles. The van der Waals surface area contributed by atoms with Gasteiger partial charge in [0.2, 0.25) is 0 Å². The van der Waals surface area contributed by atoms with Gasteiger partial charge in [0.25, 0.3) is 0 Å². The summed E-state index contributed by atoms with van der Waals surface area (Å²) < 4.78 is 5.64. The van der Waals surface area contributed by atoms with Crippen LogP contribution in [0.3, 0.4) is 0 Å². The fraction of sp³-hybridized carbons (Fsp3) is 0.294. The first kappa shape index (κ1) is 32.4. The molecule has 0 amide bonds. The van der Waals surface area contributed by atoms with Crippen molar-refractivity contribution in [1.82, 2.24) is 10.5 Å². The maximum atomic E-state index is 10.4. The molecule has 1 heterocycles. The van der Waals surface area contributed by atoms with E-state index in [2.05, 4.69) is 17.6 Å². The summed E-state index contributed by atoms with van der Waals surface area (Å²) in [6.07, 6.45) is -6.31. The average molecular weight is 589 g/mol. The van der Waals surface area contributed by atoms with Crippen molar-refractivity contribution in [2.75, 3.05) is 6.61 Å². The third-order valence-electron chi connectivity index (χ3n) is 6.87. The quantitative estimate of drug-likeness (QED) is 0.125. The Morgan fingerprint density at radius 1 is 0.605 bits per heavy atom. The highest BCUT2D eigenvalue weighted by Gasteiger charge is 2.46. The van der Waals surface area contributed by atoms with Crippen LogP contribution < -0.4 is 5.48 Å². The van der Waals surface area contributed by atoms with Crippen molar-refractivity contribution in [3.05, 3.63) is 144 Å². The molecule has 43 heavy (non-hydrogen) atoms. The molecule has 0 bridgehead atoms. The molecule has 0 saturated carbocycles. The number of hydroxylamine groups is 3. The van der Waals surface area contributed by atoms with E-state index in [1.165, 1.54) is 16.2 Å². The first-order valence-electron chi connectivity index (χ1n) is 14.3. The highest BCUT2D eigenvalue weighted by Crippen LogP contribution is 2.26. The van der Waals surface area contributed by atoms with Crippen molar-refractivity contribution in [3.63, 3.8) is 0 Å². The van der Waals surface area contributed by atoms with E-state index in [0.717, 1.165) is 17.7 Å². The van der Waals surface area contributed by atoms with Crippen LogP contribution in [-0.2, 0) is 40.7 Å². The zero-order chi connectivity index (χ0) is 30.3. The summed E-state index contributed by atoms with van der Waals surface area (Å²) in [5.74, 6) is 0. The summed E-state index contributed by atoms with van der Waals surface area (Å²) in [5, 5.41) is 41.4. The first-order valence-corrected chi connectivity index (χ1v) is 14.3. The molecule has 0 spiro atoms. The molecular weight excluding hydrogens is 548 g/mol. The van der Waals surface area contributed by atoms with E-state index in [-0.39, 0.29) is 13.2 Å². The van der Waals surface area contributed by atoms with Gasteiger partial charge in [-0.05, 0) is 22.3 Å². The normalized spacial score (nSPS) is 21.7. The van der Waals surface area contributed by atoms with Gasteiger partial charge in [-0.2, -0.15) is 10.5 Å². The number of aliphatic hydroxyl groups is 4. The molecule has 1 aliphatic heterocycles. The van der Waals surface area contributed by atoms with Crippen LogP contribution in [0.4, 0.5) is 0 Å². The van der Waals surface area contributed by atoms with Gasteiger partial charge >= 0.3 is 0 Å². The van der Waals surface area contributed by atoms with Gasteiger partial charge in [0, 0.05) is 6.54 Å². The number of rotatable bonds is 12. The summed E-state index contributed by atoms with van der Waals surface area (Å²) in [6, 6.07) is 39.3. The van der Waals surface area contributed by atoms with Crippen LogP contribution in [0.15, 0.2) is 121 Å². The number of aliphatic hydroxyl groups excluding tert-OH is 4. The predicted octanol–water partition coefficient (Wildman–Crippen LogP) is 3.33. The molecule has 5 atom stereocenters. The molecule has 228 valence electrons. The fourth-order valence-corrected chi connectivity index (χ4v) is 4.46. The molecule has 9 heteroatoms. The average Bonchev–Trinajstić information content (AvgIpc) is 3.06. The van der Waals surface area contributed by atoms with Crippen molar-refractivity contribution in [3.8, 4) is 0 Å². The number of hydrogen-bond donors (Lipinski definition) is 5. The van der Waals surface area contributed by atoms with Crippen LogP contribution >= 0.6 is 0 Å². The van der Waals surface area contributed by atoms with Gasteiger partial charge in [-0.25, -0.2) is 0 Å². The second-order valence-corrected chi connectivity index (χ2v) is 10.1. The Hall–Kier alpha value is -3.48. The lowest BCUT2D eigenvalue weighted by Crippen LogP contribution is -2.62. The van der Waals surface area contributed by atoms with Gasteiger partial charge in [-0.15, -0.1) is 0 Å². The number of ether oxygens (including phenoxy) is 1. The molecule has 4 aromatic rings. The second kappa shape index (κ2) is 17.6. The molecule has 4 aromatic carbocycles. The van der Waals surface area contributed by atoms with Crippen LogP contribution in [0, 0.1) is 0 Å². The van der Waals surface area contributed by atoms with E-state index in [9.17, 15) is 20.4 Å². The van der Waals surface area contributed by atoms with Gasteiger partial charge in [-0.1, -0.05) is 121 Å². The summed E-state index contributed by atoms with van der Waals surface area (Å²) in [7, 11) is 0. The van der Waals surface area contributed by atoms with E-state index >= 15 is 0 Å². The van der Waals surface area contributed by atoms with Crippen molar-refractivity contribution in [1.29, 1.82) is 0 Å². The van der Waals surface area contributed by atoms with E-state index < -0.39 is 37.3 Å². The highest BCUT2D eigenvalue weighted by molar-refractivity contribution is 5.16. The lowest BCUT2D eigenvalue weighted by molar-refractivity contribution is -0.342. The lowest BCUT2D eigenvalue weighted by Gasteiger charge is -2.43. The van der Waals surface area contributed by atoms with Crippen molar-refractivity contribution >= 4 is 0 Å². The molecule has 0 aliphatic carbocycles. The Labute approximate surface area is 252 Å². The number of nitrogens with zero attached hydrogens (tertiary/aromatic N) is 1. The van der Waals surface area contributed by atoms with Crippen LogP contribution in [0.25, 0.3) is 0 Å². The molecule has 1 fully saturated rings. The Balaban J connectivity index is 0.000000225. The van der Waals surface area contributed by atoms with Crippen molar-refractivity contribution < 1.29 is 34.8 Å². The zero-order valence-corrected chi connectivity index (χ0v) is 23.9. The standard InChI is InChI=1S/C20H25NO6.C14H15NO/c22-12-16-17(23)18(24)19(25)20(27-16)21(11-14-7-3-1-4-8-14)26-13-15-9-5-2-6-10-15;1-3-7-13(8-4-1)11-15-16-12-14-9-5-2-6-10-14/h1-10,16-20,22-25H,11-13H2;1-10,15H,11-12H2/t16?,17-,18+,19?,20-;/m1./s1. The van der Waals surface area contributed by atoms with Gasteiger partial charge in [-0.3, -0.25) is 9.68 Å². The second-order valence-electron chi connectivity index (χ2n) is 10.1. The van der Waals surface area contributed by atoms with E-state index in [0.29, 0.717) is 6.61 Å². The summed E-state index contributed by atoms with van der Waals surface area (Å²) in [5.41, 5.74) is 7.19. The third-order valence-corrected chi connectivity index (χ3v) is 6.87. The minimum atomic E-state index is -1.46. The van der Waals surface area contributed by atoms with Gasteiger partial charge < -0.3 is 25.2 Å². The van der Waals surface area contributed by atoms with Crippen LogP contribution in [0.5, 0.6) is 0 Å². The van der Waals surface area contributed by atoms with Crippen LogP contribution in [0.2, 0.25) is 0 Å². The number of benzene rings is 4. The topological polar surface area (TPSA) is 124 Å². The zero-order valence-electron chi connectivity index (χ0n) is 23.9. The Morgan fingerprint density at radius 3 is 1.63 bits per heavy atom. The van der Waals surface area contributed by atoms with Crippen molar-refractivity contribution in [2.45, 2.75) is 56.9 Å². The minimum absolute atomic E-state index is 0.239. The van der Waals surface area contributed by atoms with Crippen LogP contribution in [0.1, 0.15) is 22.3 Å². The van der Waals surface area contributed by atoms with E-state index in [1.807, 2.05) is 109 Å². The maximum Gasteiger partial charge on any atom is 0.162 e. The summed E-state index contributed by atoms with van der Waals surface area (Å²) in [4.78, 5) is 11.3. The van der Waals surface area contributed by atoms with Crippen LogP contribution in [-0.4, -0.2) is 62.7 Å². The molecule has 0 radical (unpaired) electrons. The monoisotopic (exact) mass is 588 g/mol. The molecule has 2 unspecified atom stereocenters. The maximum absolute atomic E-state index is 10.4. The number of hydrogen-bond acceptors (Lipinski definition) is 9. The lowest BCUT2D eigenvalue weighted by atomic mass is 9.98. The number of nitrogens with one attached hydrogen (secondary N) is 1. The van der Waals surface area contributed by atoms with Gasteiger partial charge in [0.1, 0.15) is 24.4 Å². The third kappa shape index (κ3) is 10.3. The Morgan fingerprint density at radius 2 is 1.09 bits per heavy atom. The molecule has 5 rings (SSSR count). The predicted molar refractivity (Wildman–Crippen MR) is 161 cm³/mol. The largest absolute Gasteiger partial charge is 0.394 e. The SMILES string of the molecule is OCC1O[C@@H](N(Cc2ccccc2)OCc2ccccc2)C(O)[C@@H](O)[C@@H]1O.c1ccc(CNOCc2ccccc2)cc1. The molecule has 9 nitrogen and oxygen atoms in total. The summed E-state index contributed by atoms with van der Waals surface area (Å²) >= 11 is 0. The van der Waals surface area contributed by atoms with E-state index in [1.54, 1.807) is 0 Å². The molecule has 1 aliphatic rings.